The molecule has 0 aromatic heterocycles. The summed E-state index contributed by atoms with van der Waals surface area (Å²) in [7, 11) is 3.20. The normalized spacial score (nSPS) is 27.0. The molecule has 2 aromatic carbocycles. The SMILES string of the molecule is COc1ccc(CNC(=O)O[C@H]2CC[C@@]34CCCN3C(=O)CCC[C@H]4[C@H]2Cc2ccccc2)cc1OC. The van der Waals surface area contributed by atoms with E-state index in [0.29, 0.717) is 36.3 Å². The molecule has 7 nitrogen and oxygen atoms in total. The molecule has 0 bridgehead atoms. The lowest BCUT2D eigenvalue weighted by molar-refractivity contribution is -0.141. The van der Waals surface area contributed by atoms with Crippen LogP contribution in [0.5, 0.6) is 11.5 Å². The summed E-state index contributed by atoms with van der Waals surface area (Å²) in [4.78, 5) is 28.2. The number of benzene rings is 2. The van der Waals surface area contributed by atoms with Gasteiger partial charge >= 0.3 is 6.09 Å². The Hall–Kier alpha value is -3.22. The number of amides is 2. The first kappa shape index (κ1) is 25.4. The van der Waals surface area contributed by atoms with Gasteiger partial charge in [-0.05, 0) is 74.1 Å². The van der Waals surface area contributed by atoms with Gasteiger partial charge in [0.1, 0.15) is 6.10 Å². The van der Waals surface area contributed by atoms with E-state index >= 15 is 0 Å². The molecule has 0 unspecified atom stereocenters. The average molecular weight is 507 g/mol. The van der Waals surface area contributed by atoms with Crippen molar-refractivity contribution in [2.45, 2.75) is 69.6 Å². The van der Waals surface area contributed by atoms with Crippen molar-refractivity contribution >= 4 is 12.0 Å². The fourth-order valence-electron chi connectivity index (χ4n) is 7.11. The number of nitrogens with zero attached hydrogens (tertiary/aromatic N) is 1. The fraction of sp³-hybridized carbons (Fsp3) is 0.533. The third kappa shape index (κ3) is 5.13. The molecule has 2 heterocycles. The van der Waals surface area contributed by atoms with E-state index in [1.165, 1.54) is 5.56 Å². The Morgan fingerprint density at radius 2 is 1.81 bits per heavy atom. The summed E-state index contributed by atoms with van der Waals surface area (Å²) in [6.07, 6.45) is 6.63. The Labute approximate surface area is 219 Å². The van der Waals surface area contributed by atoms with Crippen molar-refractivity contribution in [3.8, 4) is 11.5 Å². The van der Waals surface area contributed by atoms with E-state index in [4.69, 9.17) is 14.2 Å². The molecular weight excluding hydrogens is 468 g/mol. The van der Waals surface area contributed by atoms with E-state index in [-0.39, 0.29) is 17.6 Å². The van der Waals surface area contributed by atoms with Crippen LogP contribution in [-0.4, -0.2) is 49.3 Å². The van der Waals surface area contributed by atoms with Gasteiger partial charge in [-0.15, -0.1) is 0 Å². The fourth-order valence-corrected chi connectivity index (χ4v) is 7.11. The van der Waals surface area contributed by atoms with E-state index in [9.17, 15) is 9.59 Å². The summed E-state index contributed by atoms with van der Waals surface area (Å²) >= 11 is 0. The highest BCUT2D eigenvalue weighted by molar-refractivity contribution is 5.78. The predicted octanol–water partition coefficient (Wildman–Crippen LogP) is 5.11. The van der Waals surface area contributed by atoms with Crippen molar-refractivity contribution in [2.75, 3.05) is 20.8 Å². The maximum absolute atomic E-state index is 13.0. The number of carbonyl (C=O) groups is 2. The van der Waals surface area contributed by atoms with Crippen molar-refractivity contribution < 1.29 is 23.8 Å². The molecule has 3 aliphatic rings. The van der Waals surface area contributed by atoms with Crippen molar-refractivity contribution in [2.24, 2.45) is 11.8 Å². The second-order valence-corrected chi connectivity index (χ2v) is 10.6. The molecule has 1 saturated carbocycles. The maximum Gasteiger partial charge on any atom is 0.407 e. The molecule has 2 aromatic rings. The van der Waals surface area contributed by atoms with Crippen molar-refractivity contribution in [3.63, 3.8) is 0 Å². The van der Waals surface area contributed by atoms with Crippen LogP contribution in [-0.2, 0) is 22.5 Å². The number of hydrogen-bond donors (Lipinski definition) is 1. The van der Waals surface area contributed by atoms with Crippen molar-refractivity contribution in [1.29, 1.82) is 0 Å². The predicted molar refractivity (Wildman–Crippen MR) is 141 cm³/mol. The average Bonchev–Trinajstić information content (AvgIpc) is 3.29. The Morgan fingerprint density at radius 1 is 1.00 bits per heavy atom. The number of alkyl carbamates (subject to hydrolysis) is 1. The highest BCUT2D eigenvalue weighted by Gasteiger charge is 2.56. The van der Waals surface area contributed by atoms with Crippen molar-refractivity contribution in [1.82, 2.24) is 10.2 Å². The number of nitrogens with one attached hydrogen (secondary N) is 1. The van der Waals surface area contributed by atoms with Gasteiger partial charge in [0, 0.05) is 31.0 Å². The van der Waals surface area contributed by atoms with E-state index < -0.39 is 6.09 Å². The third-order valence-corrected chi connectivity index (χ3v) is 8.74. The van der Waals surface area contributed by atoms with Crippen molar-refractivity contribution in [3.05, 3.63) is 59.7 Å². The second-order valence-electron chi connectivity index (χ2n) is 10.6. The quantitative estimate of drug-likeness (QED) is 0.565. The van der Waals surface area contributed by atoms with Crippen LogP contribution in [0.15, 0.2) is 48.5 Å². The Balaban J connectivity index is 1.32. The highest BCUT2D eigenvalue weighted by atomic mass is 16.6. The number of methoxy groups -OCH3 is 2. The molecule has 3 fully saturated rings. The lowest BCUT2D eigenvalue weighted by Crippen LogP contribution is -2.58. The summed E-state index contributed by atoms with van der Waals surface area (Å²) in [5, 5.41) is 2.93. The number of carbonyl (C=O) groups excluding carboxylic acids is 2. The summed E-state index contributed by atoms with van der Waals surface area (Å²) < 4.78 is 16.8. The molecule has 37 heavy (non-hydrogen) atoms. The molecule has 2 saturated heterocycles. The van der Waals surface area contributed by atoms with Crippen LogP contribution in [0.1, 0.15) is 56.1 Å². The smallest absolute Gasteiger partial charge is 0.407 e. The van der Waals surface area contributed by atoms with Crippen LogP contribution in [0.3, 0.4) is 0 Å². The topological polar surface area (TPSA) is 77.1 Å². The van der Waals surface area contributed by atoms with Gasteiger partial charge in [-0.25, -0.2) is 4.79 Å². The van der Waals surface area contributed by atoms with Crippen LogP contribution in [0.2, 0.25) is 0 Å². The van der Waals surface area contributed by atoms with E-state index in [0.717, 1.165) is 57.1 Å². The molecule has 7 heteroatoms. The largest absolute Gasteiger partial charge is 0.493 e. The van der Waals surface area contributed by atoms with Gasteiger partial charge in [0.2, 0.25) is 5.91 Å². The molecule has 0 radical (unpaired) electrons. The molecule has 5 rings (SSSR count). The molecule has 1 spiro atoms. The van der Waals surface area contributed by atoms with E-state index in [2.05, 4.69) is 34.5 Å². The zero-order chi connectivity index (χ0) is 25.8. The van der Waals surface area contributed by atoms with Gasteiger partial charge < -0.3 is 24.4 Å². The molecule has 2 amide bonds. The van der Waals surface area contributed by atoms with Crippen LogP contribution < -0.4 is 14.8 Å². The van der Waals surface area contributed by atoms with Gasteiger partial charge in [0.15, 0.2) is 11.5 Å². The molecular formula is C30H38N2O5. The van der Waals surface area contributed by atoms with E-state index in [1.54, 1.807) is 14.2 Å². The minimum atomic E-state index is -0.401. The molecule has 4 atom stereocenters. The zero-order valence-electron chi connectivity index (χ0n) is 21.9. The number of hydrogen-bond acceptors (Lipinski definition) is 5. The van der Waals surface area contributed by atoms with Crippen LogP contribution >= 0.6 is 0 Å². The maximum atomic E-state index is 13.0. The number of ether oxygens (including phenoxy) is 3. The first-order valence-electron chi connectivity index (χ1n) is 13.5. The third-order valence-electron chi connectivity index (χ3n) is 8.74. The Kier molecular flexibility index (Phi) is 7.58. The second kappa shape index (κ2) is 11.0. The van der Waals surface area contributed by atoms with Gasteiger partial charge in [0.25, 0.3) is 0 Å². The van der Waals surface area contributed by atoms with Gasteiger partial charge in [-0.2, -0.15) is 0 Å². The zero-order valence-corrected chi connectivity index (χ0v) is 21.9. The summed E-state index contributed by atoms with van der Waals surface area (Å²) in [6, 6.07) is 16.1. The van der Waals surface area contributed by atoms with E-state index in [1.807, 2.05) is 24.3 Å². The summed E-state index contributed by atoms with van der Waals surface area (Å²) in [5.41, 5.74) is 2.08. The van der Waals surface area contributed by atoms with Crippen LogP contribution in [0.25, 0.3) is 0 Å². The molecule has 2 aliphatic heterocycles. The molecule has 198 valence electrons. The van der Waals surface area contributed by atoms with Gasteiger partial charge in [-0.3, -0.25) is 4.79 Å². The lowest BCUT2D eigenvalue weighted by Gasteiger charge is -2.52. The standard InChI is InChI=1S/C30H38N2O5/c1-35-26-13-12-22(19-27(26)36-2)20-31-29(34)37-25-14-16-30-15-7-17-32(30)28(33)11-6-10-24(30)23(25)18-21-8-4-3-5-9-21/h3-5,8-9,12-13,19,23-25H,6-7,10-11,14-18,20H2,1-2H3,(H,31,34)/t23-,24+,25+,30-/m1/s1. The summed E-state index contributed by atoms with van der Waals surface area (Å²) in [5.74, 6) is 2.09. The highest BCUT2D eigenvalue weighted by Crippen LogP contribution is 2.53. The lowest BCUT2D eigenvalue weighted by atomic mass is 9.62. The minimum Gasteiger partial charge on any atom is -0.493 e. The van der Waals surface area contributed by atoms with Crippen LogP contribution in [0, 0.1) is 11.8 Å². The Bertz CT molecular complexity index is 1110. The Morgan fingerprint density at radius 3 is 2.59 bits per heavy atom. The first-order chi connectivity index (χ1) is 18.0. The monoisotopic (exact) mass is 506 g/mol. The van der Waals surface area contributed by atoms with Gasteiger partial charge in [0.05, 0.1) is 14.2 Å². The first-order valence-corrected chi connectivity index (χ1v) is 13.5. The molecule has 1 N–H and O–H groups in total. The van der Waals surface area contributed by atoms with Gasteiger partial charge in [-0.1, -0.05) is 36.4 Å². The summed E-state index contributed by atoms with van der Waals surface area (Å²) in [6.45, 7) is 1.20. The van der Waals surface area contributed by atoms with Crippen LogP contribution in [0.4, 0.5) is 4.79 Å². The number of rotatable bonds is 7. The molecule has 1 aliphatic carbocycles. The minimum absolute atomic E-state index is 0.0803.